The number of hydrogen-bond acceptors (Lipinski definition) is 1. The lowest BCUT2D eigenvalue weighted by Crippen LogP contribution is -2.09. The third-order valence-electron chi connectivity index (χ3n) is 2.80. The number of hydrogen-bond donors (Lipinski definition) is 0. The Labute approximate surface area is 111 Å². The fourth-order valence-electron chi connectivity index (χ4n) is 1.78. The van der Waals surface area contributed by atoms with E-state index in [1.807, 2.05) is 31.1 Å². The molecule has 2 rings (SSSR count). The summed E-state index contributed by atoms with van der Waals surface area (Å²) in [7, 11) is 7.80. The summed E-state index contributed by atoms with van der Waals surface area (Å²) < 4.78 is 5.67. The number of benzene rings is 2. The van der Waals surface area contributed by atoms with Crippen molar-refractivity contribution < 1.29 is 4.74 Å². The van der Waals surface area contributed by atoms with Crippen molar-refractivity contribution in [2.75, 3.05) is 0 Å². The van der Waals surface area contributed by atoms with Gasteiger partial charge in [-0.25, -0.2) is 0 Å². The highest BCUT2D eigenvalue weighted by Gasteiger charge is 1.96. The smallest absolute Gasteiger partial charge is 0.148 e. The van der Waals surface area contributed by atoms with Gasteiger partial charge in [-0.2, -0.15) is 0 Å². The zero-order valence-electron chi connectivity index (χ0n) is 10.6. The van der Waals surface area contributed by atoms with Crippen LogP contribution in [0.4, 0.5) is 0 Å². The van der Waals surface area contributed by atoms with E-state index < -0.39 is 0 Å². The first kappa shape index (κ1) is 13.0. The van der Waals surface area contributed by atoms with Crippen molar-refractivity contribution in [3.8, 4) is 0 Å². The average molecular weight is 233 g/mol. The van der Waals surface area contributed by atoms with Crippen molar-refractivity contribution in [1.29, 1.82) is 0 Å². The third kappa shape index (κ3) is 3.78. The summed E-state index contributed by atoms with van der Waals surface area (Å²) in [6.07, 6.45) is 0. The second-order valence-electron chi connectivity index (χ2n) is 4.27. The zero-order valence-corrected chi connectivity index (χ0v) is 10.6. The Morgan fingerprint density at radius 3 is 2.39 bits per heavy atom. The largest absolute Gasteiger partial charge is 0.372 e. The van der Waals surface area contributed by atoms with E-state index in [2.05, 4.69) is 31.5 Å². The lowest BCUT2D eigenvalue weighted by Gasteiger charge is -2.06. The monoisotopic (exact) mass is 233 g/mol. The van der Waals surface area contributed by atoms with E-state index in [9.17, 15) is 0 Å². The summed E-state index contributed by atoms with van der Waals surface area (Å²) in [5.74, 6) is 0. The van der Waals surface area contributed by atoms with Crippen LogP contribution in [-0.4, -0.2) is 15.1 Å². The molecule has 18 heavy (non-hydrogen) atoms. The van der Waals surface area contributed by atoms with Crippen molar-refractivity contribution in [2.24, 2.45) is 0 Å². The molecular weight excluding hydrogens is 218 g/mol. The summed E-state index contributed by atoms with van der Waals surface area (Å²) in [4.78, 5) is 0. The van der Waals surface area contributed by atoms with Gasteiger partial charge in [0.25, 0.3) is 0 Å². The molecular formula is C15H15B2O. The van der Waals surface area contributed by atoms with Gasteiger partial charge in [-0.3, -0.25) is 0 Å². The molecule has 0 aliphatic rings. The predicted molar refractivity (Wildman–Crippen MR) is 78.0 cm³/mol. The maximum Gasteiger partial charge on any atom is 0.148 e. The Morgan fingerprint density at radius 1 is 1.00 bits per heavy atom. The molecule has 0 saturated carbocycles. The van der Waals surface area contributed by atoms with Crippen LogP contribution in [0.25, 0.3) is 0 Å². The van der Waals surface area contributed by atoms with Gasteiger partial charge in [0, 0.05) is 0 Å². The molecule has 0 aromatic heterocycles. The molecule has 0 saturated heterocycles. The molecule has 0 unspecified atom stereocenters. The minimum absolute atomic E-state index is 0.590. The summed E-state index contributed by atoms with van der Waals surface area (Å²) in [5.41, 5.74) is 4.30. The fraction of sp³-hybridized carbons (Fsp3) is 0.200. The van der Waals surface area contributed by atoms with Crippen molar-refractivity contribution >= 4 is 26.1 Å². The Balaban J connectivity index is 1.84. The minimum Gasteiger partial charge on any atom is -0.372 e. The van der Waals surface area contributed by atoms with Crippen LogP contribution in [0.2, 0.25) is 6.82 Å². The molecule has 0 fully saturated rings. The van der Waals surface area contributed by atoms with E-state index >= 15 is 0 Å². The minimum atomic E-state index is 0.590. The molecule has 0 aliphatic heterocycles. The van der Waals surface area contributed by atoms with Gasteiger partial charge in [-0.1, -0.05) is 66.3 Å². The highest BCUT2D eigenvalue weighted by Crippen LogP contribution is 2.04. The molecule has 2 aromatic carbocycles. The van der Waals surface area contributed by atoms with Crippen LogP contribution in [0.1, 0.15) is 11.1 Å². The van der Waals surface area contributed by atoms with Gasteiger partial charge in [0.1, 0.15) is 15.1 Å². The van der Waals surface area contributed by atoms with Gasteiger partial charge >= 0.3 is 0 Å². The average Bonchev–Trinajstić information content (AvgIpc) is 2.40. The zero-order chi connectivity index (χ0) is 12.8. The van der Waals surface area contributed by atoms with Crippen molar-refractivity contribution in [3.05, 3.63) is 59.7 Å². The second-order valence-corrected chi connectivity index (χ2v) is 4.27. The lowest BCUT2D eigenvalue weighted by molar-refractivity contribution is 0.107. The normalized spacial score (nSPS) is 10.3. The maximum absolute atomic E-state index is 5.71. The van der Waals surface area contributed by atoms with Crippen molar-refractivity contribution in [2.45, 2.75) is 20.0 Å². The van der Waals surface area contributed by atoms with Crippen LogP contribution >= 0.6 is 0 Å². The fourth-order valence-corrected chi connectivity index (χ4v) is 1.78. The Morgan fingerprint density at radius 2 is 1.72 bits per heavy atom. The summed E-state index contributed by atoms with van der Waals surface area (Å²) >= 11 is 0. The molecule has 1 nitrogen and oxygen atoms in total. The van der Waals surface area contributed by atoms with Crippen LogP contribution in [0.15, 0.2) is 48.5 Å². The SMILES string of the molecule is [B]c1cccc(COCc2ccc([B]C)cc2)c1. The molecule has 0 aliphatic carbocycles. The predicted octanol–water partition coefficient (Wildman–Crippen LogP) is 1.57. The Bertz CT molecular complexity index is 494. The van der Waals surface area contributed by atoms with Gasteiger partial charge in [0.2, 0.25) is 0 Å². The number of rotatable bonds is 5. The van der Waals surface area contributed by atoms with Crippen LogP contribution in [-0.2, 0) is 18.0 Å². The number of ether oxygens (including phenoxy) is 1. The Kier molecular flexibility index (Phi) is 4.66. The maximum atomic E-state index is 5.71. The first-order valence-corrected chi connectivity index (χ1v) is 6.08. The summed E-state index contributed by atoms with van der Waals surface area (Å²) in [6, 6.07) is 16.2. The van der Waals surface area contributed by atoms with Gasteiger partial charge in [0.05, 0.1) is 13.2 Å². The third-order valence-corrected chi connectivity index (χ3v) is 2.80. The van der Waals surface area contributed by atoms with Crippen molar-refractivity contribution in [3.63, 3.8) is 0 Å². The van der Waals surface area contributed by atoms with Gasteiger partial charge < -0.3 is 4.74 Å². The van der Waals surface area contributed by atoms with Gasteiger partial charge in [-0.15, -0.1) is 0 Å². The molecule has 0 heterocycles. The molecule has 0 bridgehead atoms. The van der Waals surface area contributed by atoms with Crippen LogP contribution in [0.3, 0.4) is 0 Å². The second kappa shape index (κ2) is 6.46. The van der Waals surface area contributed by atoms with Crippen LogP contribution in [0.5, 0.6) is 0 Å². The standard InChI is InChI=1S/C15H15B2O/c1-17-15-7-5-12(6-8-15)10-18-11-13-3-2-4-14(16)9-13/h2-9H,10-11H2,1H3. The summed E-state index contributed by atoms with van der Waals surface area (Å²) in [6.45, 7) is 3.25. The highest BCUT2D eigenvalue weighted by molar-refractivity contribution is 6.51. The topological polar surface area (TPSA) is 9.23 Å². The molecule has 0 amide bonds. The van der Waals surface area contributed by atoms with Crippen LogP contribution < -0.4 is 10.9 Å². The molecule has 0 spiro atoms. The van der Waals surface area contributed by atoms with Gasteiger partial charge in [0.15, 0.2) is 0 Å². The molecule has 3 heteroatoms. The molecule has 0 N–H and O–H groups in total. The van der Waals surface area contributed by atoms with E-state index in [0.29, 0.717) is 13.2 Å². The molecule has 3 radical (unpaired) electrons. The van der Waals surface area contributed by atoms with E-state index in [1.165, 1.54) is 11.0 Å². The lowest BCUT2D eigenvalue weighted by atomic mass is 9.73. The molecule has 2 aromatic rings. The van der Waals surface area contributed by atoms with Crippen molar-refractivity contribution in [1.82, 2.24) is 0 Å². The molecule has 87 valence electrons. The summed E-state index contributed by atoms with van der Waals surface area (Å²) in [5, 5.41) is 0. The van der Waals surface area contributed by atoms with Gasteiger partial charge in [-0.05, 0) is 11.1 Å². The molecule has 0 atom stereocenters. The quantitative estimate of drug-likeness (QED) is 0.712. The van der Waals surface area contributed by atoms with E-state index in [-0.39, 0.29) is 0 Å². The van der Waals surface area contributed by atoms with E-state index in [0.717, 1.165) is 11.0 Å². The Hall–Kier alpha value is -1.47. The first-order valence-electron chi connectivity index (χ1n) is 6.08. The van der Waals surface area contributed by atoms with E-state index in [4.69, 9.17) is 12.6 Å². The highest BCUT2D eigenvalue weighted by atomic mass is 16.5. The van der Waals surface area contributed by atoms with Crippen LogP contribution in [0, 0.1) is 0 Å². The first-order chi connectivity index (χ1) is 8.78. The van der Waals surface area contributed by atoms with E-state index in [1.54, 1.807) is 0 Å².